The molecule has 8 heteroatoms. The molecule has 2 aromatic carbocycles. The Morgan fingerprint density at radius 1 is 1.11 bits per heavy atom. The number of hydrogen-bond donors (Lipinski definition) is 1. The quantitative estimate of drug-likeness (QED) is 0.497. The smallest absolute Gasteiger partial charge is 0.317 e. The first kappa shape index (κ1) is 18.6. The Hall–Kier alpha value is -2.71. The minimum Gasteiger partial charge on any atom is -0.480 e. The highest BCUT2D eigenvalue weighted by Gasteiger charge is 2.36. The van der Waals surface area contributed by atoms with Crippen LogP contribution in [0.15, 0.2) is 46.8 Å². The molecule has 0 bridgehead atoms. The molecule has 0 spiro atoms. The molecule has 1 aliphatic heterocycles. The number of benzene rings is 2. The van der Waals surface area contributed by atoms with Crippen LogP contribution in [0.1, 0.15) is 34.6 Å². The molecule has 1 aromatic heterocycles. The molecule has 0 saturated carbocycles. The standard InChI is InChI=1S/C20H16N2O4S2/c1-10(2)16(19(25)26)28-20-21-14-8-7-11(9-15(14)27-20)22-17(23)12-5-3-4-6-13(12)18(22)24/h3-10,16H,1-2H3,(H,25,26). The van der Waals surface area contributed by atoms with Crippen LogP contribution in [0.4, 0.5) is 5.69 Å². The van der Waals surface area contributed by atoms with Gasteiger partial charge in [0.05, 0.1) is 27.0 Å². The number of aliphatic carboxylic acids is 1. The number of thiazole rings is 1. The van der Waals surface area contributed by atoms with Gasteiger partial charge in [-0.3, -0.25) is 14.4 Å². The predicted molar refractivity (Wildman–Crippen MR) is 109 cm³/mol. The Balaban J connectivity index is 1.67. The van der Waals surface area contributed by atoms with E-state index in [1.807, 2.05) is 13.8 Å². The average molecular weight is 412 g/mol. The fraction of sp³-hybridized carbons (Fsp3) is 0.200. The first-order valence-electron chi connectivity index (χ1n) is 8.64. The van der Waals surface area contributed by atoms with E-state index in [0.29, 0.717) is 26.7 Å². The molecule has 3 aromatic rings. The van der Waals surface area contributed by atoms with Gasteiger partial charge in [-0.2, -0.15) is 0 Å². The maximum Gasteiger partial charge on any atom is 0.317 e. The van der Waals surface area contributed by atoms with Crippen LogP contribution in [-0.4, -0.2) is 33.1 Å². The van der Waals surface area contributed by atoms with Crippen molar-refractivity contribution in [3.05, 3.63) is 53.6 Å². The Bertz CT molecular complexity index is 1090. The molecule has 1 unspecified atom stereocenters. The number of carboxylic acid groups (broad SMARTS) is 1. The minimum absolute atomic E-state index is 0.0385. The maximum absolute atomic E-state index is 12.7. The van der Waals surface area contributed by atoms with E-state index in [2.05, 4.69) is 4.98 Å². The summed E-state index contributed by atoms with van der Waals surface area (Å²) in [5, 5.41) is 8.80. The van der Waals surface area contributed by atoms with Crippen molar-refractivity contribution >= 4 is 56.8 Å². The third kappa shape index (κ3) is 3.08. The molecule has 28 heavy (non-hydrogen) atoms. The lowest BCUT2D eigenvalue weighted by Crippen LogP contribution is -2.29. The molecule has 0 radical (unpaired) electrons. The number of anilines is 1. The van der Waals surface area contributed by atoms with Gasteiger partial charge in [-0.25, -0.2) is 9.88 Å². The van der Waals surface area contributed by atoms with Gasteiger partial charge in [-0.05, 0) is 36.2 Å². The van der Waals surface area contributed by atoms with Gasteiger partial charge in [0.15, 0.2) is 4.34 Å². The summed E-state index contributed by atoms with van der Waals surface area (Å²) in [5.41, 5.74) is 1.99. The van der Waals surface area contributed by atoms with Crippen LogP contribution >= 0.6 is 23.1 Å². The molecule has 6 nitrogen and oxygen atoms in total. The Labute approximate surface area is 169 Å². The van der Waals surface area contributed by atoms with Crippen molar-refractivity contribution in [3.8, 4) is 0 Å². The summed E-state index contributed by atoms with van der Waals surface area (Å²) in [6, 6.07) is 12.0. The summed E-state index contributed by atoms with van der Waals surface area (Å²) in [4.78, 5) is 42.4. The molecule has 2 amide bonds. The van der Waals surface area contributed by atoms with Gasteiger partial charge in [0.2, 0.25) is 0 Å². The van der Waals surface area contributed by atoms with Crippen molar-refractivity contribution in [3.63, 3.8) is 0 Å². The van der Waals surface area contributed by atoms with Crippen LogP contribution in [0.5, 0.6) is 0 Å². The summed E-state index contributed by atoms with van der Waals surface area (Å²) in [6.45, 7) is 3.72. The molecule has 1 aliphatic rings. The summed E-state index contributed by atoms with van der Waals surface area (Å²) in [7, 11) is 0. The first-order valence-corrected chi connectivity index (χ1v) is 10.3. The number of carbonyl (C=O) groups is 3. The number of fused-ring (bicyclic) bond motifs is 2. The van der Waals surface area contributed by atoms with Crippen LogP contribution < -0.4 is 4.90 Å². The van der Waals surface area contributed by atoms with E-state index < -0.39 is 11.2 Å². The van der Waals surface area contributed by atoms with Crippen molar-refractivity contribution < 1.29 is 19.5 Å². The number of aromatic nitrogens is 1. The zero-order chi connectivity index (χ0) is 20.0. The molecule has 2 heterocycles. The number of thioether (sulfide) groups is 1. The lowest BCUT2D eigenvalue weighted by Gasteiger charge is -2.13. The highest BCUT2D eigenvalue weighted by Crippen LogP contribution is 2.37. The van der Waals surface area contributed by atoms with Crippen LogP contribution in [0.25, 0.3) is 10.2 Å². The molecule has 0 aliphatic carbocycles. The Kier molecular flexibility index (Phi) is 4.68. The predicted octanol–water partition coefficient (Wildman–Crippen LogP) is 4.30. The summed E-state index contributed by atoms with van der Waals surface area (Å²) >= 11 is 2.58. The monoisotopic (exact) mass is 412 g/mol. The highest BCUT2D eigenvalue weighted by atomic mass is 32.2. The number of amides is 2. The number of hydrogen-bond acceptors (Lipinski definition) is 6. The largest absolute Gasteiger partial charge is 0.480 e. The number of rotatable bonds is 5. The van der Waals surface area contributed by atoms with E-state index in [4.69, 9.17) is 0 Å². The Morgan fingerprint density at radius 2 is 1.75 bits per heavy atom. The number of carbonyl (C=O) groups excluding carboxylic acids is 2. The average Bonchev–Trinajstić information content (AvgIpc) is 3.17. The zero-order valence-electron chi connectivity index (χ0n) is 15.1. The molecule has 4 rings (SSSR count). The van der Waals surface area contributed by atoms with Crippen LogP contribution in [-0.2, 0) is 4.79 Å². The van der Waals surface area contributed by atoms with Gasteiger partial charge in [0.1, 0.15) is 5.25 Å². The fourth-order valence-electron chi connectivity index (χ4n) is 3.09. The molecule has 0 fully saturated rings. The van der Waals surface area contributed by atoms with E-state index in [1.165, 1.54) is 28.0 Å². The van der Waals surface area contributed by atoms with Crippen molar-refractivity contribution in [2.75, 3.05) is 4.90 Å². The van der Waals surface area contributed by atoms with Crippen molar-refractivity contribution in [1.29, 1.82) is 0 Å². The minimum atomic E-state index is -0.869. The molecule has 142 valence electrons. The number of imide groups is 1. The lowest BCUT2D eigenvalue weighted by atomic mass is 10.1. The molecule has 0 saturated heterocycles. The van der Waals surface area contributed by atoms with E-state index in [-0.39, 0.29) is 17.7 Å². The van der Waals surface area contributed by atoms with E-state index in [1.54, 1.807) is 42.5 Å². The normalized spacial score (nSPS) is 14.8. The SMILES string of the molecule is CC(C)C(Sc1nc2ccc(N3C(=O)c4ccccc4C3=O)cc2s1)C(=O)O. The van der Waals surface area contributed by atoms with Gasteiger partial charge < -0.3 is 5.11 Å². The molecule has 1 atom stereocenters. The Morgan fingerprint density at radius 3 is 2.32 bits per heavy atom. The molecular formula is C20H16N2O4S2. The third-order valence-electron chi connectivity index (χ3n) is 4.48. The second kappa shape index (κ2) is 7.03. The van der Waals surface area contributed by atoms with Crippen molar-refractivity contribution in [2.24, 2.45) is 5.92 Å². The van der Waals surface area contributed by atoms with Crippen LogP contribution in [0.3, 0.4) is 0 Å². The molecular weight excluding hydrogens is 396 g/mol. The van der Waals surface area contributed by atoms with Gasteiger partial charge in [0.25, 0.3) is 11.8 Å². The molecule has 1 N–H and O–H groups in total. The van der Waals surface area contributed by atoms with Crippen LogP contribution in [0, 0.1) is 5.92 Å². The van der Waals surface area contributed by atoms with E-state index in [0.717, 1.165) is 4.70 Å². The first-order chi connectivity index (χ1) is 13.4. The van der Waals surface area contributed by atoms with Crippen LogP contribution in [0.2, 0.25) is 0 Å². The second-order valence-electron chi connectivity index (χ2n) is 6.74. The number of carboxylic acids is 1. The van der Waals surface area contributed by atoms with Gasteiger partial charge in [-0.1, -0.05) is 37.7 Å². The second-order valence-corrected chi connectivity index (χ2v) is 9.16. The highest BCUT2D eigenvalue weighted by molar-refractivity contribution is 8.02. The third-order valence-corrected chi connectivity index (χ3v) is 7.13. The maximum atomic E-state index is 12.7. The van der Waals surface area contributed by atoms with Crippen molar-refractivity contribution in [2.45, 2.75) is 23.4 Å². The number of nitrogens with zero attached hydrogens (tertiary/aromatic N) is 2. The van der Waals surface area contributed by atoms with Gasteiger partial charge in [-0.15, -0.1) is 11.3 Å². The van der Waals surface area contributed by atoms with E-state index >= 15 is 0 Å². The lowest BCUT2D eigenvalue weighted by molar-refractivity contribution is -0.137. The van der Waals surface area contributed by atoms with E-state index in [9.17, 15) is 19.5 Å². The summed E-state index contributed by atoms with van der Waals surface area (Å²) in [5.74, 6) is -1.59. The van der Waals surface area contributed by atoms with Gasteiger partial charge >= 0.3 is 5.97 Å². The topological polar surface area (TPSA) is 87.6 Å². The fourth-order valence-corrected chi connectivity index (χ4v) is 5.33. The van der Waals surface area contributed by atoms with Crippen molar-refractivity contribution in [1.82, 2.24) is 4.98 Å². The zero-order valence-corrected chi connectivity index (χ0v) is 16.7. The van der Waals surface area contributed by atoms with Gasteiger partial charge in [0, 0.05) is 0 Å². The summed E-state index contributed by atoms with van der Waals surface area (Å²) in [6.07, 6.45) is 0. The summed E-state index contributed by atoms with van der Waals surface area (Å²) < 4.78 is 1.44.